The molecule has 13 N–H and O–H groups in total. The van der Waals surface area contributed by atoms with Crippen LogP contribution in [-0.4, -0.2) is 99.6 Å². The van der Waals surface area contributed by atoms with Gasteiger partial charge in [-0.1, -0.05) is 0 Å². The molecule has 3 amide bonds. The Morgan fingerprint density at radius 1 is 0.906 bits per heavy atom. The summed E-state index contributed by atoms with van der Waals surface area (Å²) in [5.74, 6) is -4.49. The minimum Gasteiger partial charge on any atom is -0.480 e. The first kappa shape index (κ1) is 29.0. The third kappa shape index (κ3) is 10.3. The third-order valence-corrected chi connectivity index (χ3v) is 4.26. The van der Waals surface area contributed by atoms with Gasteiger partial charge in [-0.2, -0.15) is 0 Å². The lowest BCUT2D eigenvalue weighted by Crippen LogP contribution is -2.60. The molecule has 0 aliphatic heterocycles. The number of aliphatic hydroxyl groups is 3. The zero-order chi connectivity index (χ0) is 25.0. The van der Waals surface area contributed by atoms with Crippen LogP contribution in [-0.2, 0) is 19.2 Å². The predicted octanol–water partition coefficient (Wildman–Crippen LogP) is -5.34. The molecule has 0 bridgehead atoms. The lowest BCUT2D eigenvalue weighted by molar-refractivity contribution is -0.144. The van der Waals surface area contributed by atoms with E-state index in [9.17, 15) is 29.4 Å². The van der Waals surface area contributed by atoms with E-state index < -0.39 is 66.7 Å². The van der Waals surface area contributed by atoms with Gasteiger partial charge in [-0.15, -0.1) is 0 Å². The van der Waals surface area contributed by atoms with Crippen molar-refractivity contribution in [2.24, 2.45) is 22.2 Å². The van der Waals surface area contributed by atoms with Crippen LogP contribution in [0.4, 0.5) is 0 Å². The molecule has 32 heavy (non-hydrogen) atoms. The van der Waals surface area contributed by atoms with Crippen LogP contribution in [0.3, 0.4) is 0 Å². The van der Waals surface area contributed by atoms with Crippen molar-refractivity contribution >= 4 is 29.7 Å². The molecule has 0 heterocycles. The minimum atomic E-state index is -1.65. The number of aliphatic imine (C=N–C) groups is 1. The summed E-state index contributed by atoms with van der Waals surface area (Å²) < 4.78 is 0. The summed E-state index contributed by atoms with van der Waals surface area (Å²) in [6.45, 7) is 1.67. The Kier molecular flexibility index (Phi) is 12.8. The standard InChI is InChI=1S/C17H33N7O8/c1-7(26)11(18)14(29)22-9(4-3-5-21-17(19)20)13(28)24-12(8(2)27)15(30)23-10(6-25)16(31)32/h7-12,25-27H,3-6,18H2,1-2H3,(H,22,29)(H,23,30)(H,24,28)(H,31,32)(H4,19,20,21). The molecular formula is C17H33N7O8. The number of nitrogens with two attached hydrogens (primary N) is 3. The second-order valence-electron chi connectivity index (χ2n) is 7.09. The van der Waals surface area contributed by atoms with Gasteiger partial charge in [0, 0.05) is 6.54 Å². The number of rotatable bonds is 14. The number of aliphatic hydroxyl groups excluding tert-OH is 3. The summed E-state index contributed by atoms with van der Waals surface area (Å²) in [5.41, 5.74) is 16.0. The zero-order valence-electron chi connectivity index (χ0n) is 17.9. The maximum atomic E-state index is 12.7. The van der Waals surface area contributed by atoms with E-state index >= 15 is 0 Å². The second kappa shape index (κ2) is 14.1. The van der Waals surface area contributed by atoms with Crippen LogP contribution in [0.5, 0.6) is 0 Å². The molecule has 6 atom stereocenters. The molecule has 0 radical (unpaired) electrons. The van der Waals surface area contributed by atoms with Crippen LogP contribution >= 0.6 is 0 Å². The van der Waals surface area contributed by atoms with Gasteiger partial charge in [-0.25, -0.2) is 4.79 Å². The van der Waals surface area contributed by atoms with E-state index in [-0.39, 0.29) is 25.3 Å². The highest BCUT2D eigenvalue weighted by atomic mass is 16.4. The van der Waals surface area contributed by atoms with E-state index in [4.69, 9.17) is 27.4 Å². The van der Waals surface area contributed by atoms with Gasteiger partial charge in [0.05, 0.1) is 18.8 Å². The molecular weight excluding hydrogens is 430 g/mol. The number of carbonyl (C=O) groups is 4. The summed E-state index contributed by atoms with van der Waals surface area (Å²) in [6, 6.07) is -5.83. The molecule has 15 heteroatoms. The number of hydrogen-bond donors (Lipinski definition) is 10. The number of guanidine groups is 1. The molecule has 0 spiro atoms. The number of carboxylic acid groups (broad SMARTS) is 1. The molecule has 0 fully saturated rings. The van der Waals surface area contributed by atoms with E-state index in [2.05, 4.69) is 15.6 Å². The summed E-state index contributed by atoms with van der Waals surface area (Å²) in [5, 5.41) is 43.9. The lowest BCUT2D eigenvalue weighted by atomic mass is 10.1. The molecule has 0 aliphatic rings. The third-order valence-electron chi connectivity index (χ3n) is 4.26. The Balaban J connectivity index is 5.44. The normalized spacial score (nSPS) is 16.4. The Labute approximate surface area is 184 Å². The number of carbonyl (C=O) groups excluding carboxylic acids is 3. The number of aliphatic carboxylic acids is 1. The van der Waals surface area contributed by atoms with E-state index in [0.717, 1.165) is 0 Å². The van der Waals surface area contributed by atoms with Crippen LogP contribution in [0.25, 0.3) is 0 Å². The van der Waals surface area contributed by atoms with Crippen LogP contribution in [0.1, 0.15) is 26.7 Å². The maximum absolute atomic E-state index is 12.7. The SMILES string of the molecule is CC(O)C(N)C(=O)NC(CCCN=C(N)N)C(=O)NC(C(=O)NC(CO)C(=O)O)C(C)O. The molecule has 15 nitrogen and oxygen atoms in total. The number of nitrogens with one attached hydrogen (secondary N) is 3. The molecule has 184 valence electrons. The van der Waals surface area contributed by atoms with Crippen molar-refractivity contribution in [1.82, 2.24) is 16.0 Å². The molecule has 0 aromatic carbocycles. The first-order valence-electron chi connectivity index (χ1n) is 9.73. The van der Waals surface area contributed by atoms with Crippen molar-refractivity contribution in [3.05, 3.63) is 0 Å². The highest BCUT2D eigenvalue weighted by Gasteiger charge is 2.32. The Morgan fingerprint density at radius 2 is 1.47 bits per heavy atom. The average molecular weight is 463 g/mol. The molecule has 0 rings (SSSR count). The fraction of sp³-hybridized carbons (Fsp3) is 0.706. The predicted molar refractivity (Wildman–Crippen MR) is 112 cm³/mol. The highest BCUT2D eigenvalue weighted by Crippen LogP contribution is 2.03. The summed E-state index contributed by atoms with van der Waals surface area (Å²) in [4.78, 5) is 52.0. The van der Waals surface area contributed by atoms with Gasteiger partial charge >= 0.3 is 5.97 Å². The van der Waals surface area contributed by atoms with Gasteiger partial charge in [-0.05, 0) is 26.7 Å². The van der Waals surface area contributed by atoms with E-state index in [1.54, 1.807) is 0 Å². The minimum absolute atomic E-state index is 0.00340. The Hall–Kier alpha value is -3.01. The molecule has 0 aliphatic carbocycles. The Morgan fingerprint density at radius 3 is 1.91 bits per heavy atom. The molecule has 0 aromatic rings. The van der Waals surface area contributed by atoms with Gasteiger partial charge in [0.25, 0.3) is 0 Å². The van der Waals surface area contributed by atoms with Crippen molar-refractivity contribution in [2.75, 3.05) is 13.2 Å². The highest BCUT2D eigenvalue weighted by molar-refractivity contribution is 5.94. The number of amides is 3. The van der Waals surface area contributed by atoms with E-state index in [1.807, 2.05) is 5.32 Å². The summed E-state index contributed by atoms with van der Waals surface area (Å²) in [7, 11) is 0. The van der Waals surface area contributed by atoms with Crippen molar-refractivity contribution in [2.45, 2.75) is 63.1 Å². The fourth-order valence-electron chi connectivity index (χ4n) is 2.37. The van der Waals surface area contributed by atoms with Crippen LogP contribution in [0.15, 0.2) is 4.99 Å². The van der Waals surface area contributed by atoms with Crippen LogP contribution in [0, 0.1) is 0 Å². The topological polar surface area (TPSA) is 276 Å². The molecule has 0 aromatic heterocycles. The van der Waals surface area contributed by atoms with Gasteiger partial charge in [-0.3, -0.25) is 19.4 Å². The van der Waals surface area contributed by atoms with Gasteiger partial charge in [0.15, 0.2) is 5.96 Å². The largest absolute Gasteiger partial charge is 0.480 e. The molecule has 0 saturated heterocycles. The van der Waals surface area contributed by atoms with Crippen LogP contribution in [0.2, 0.25) is 0 Å². The first-order chi connectivity index (χ1) is 14.8. The summed E-state index contributed by atoms with van der Waals surface area (Å²) >= 11 is 0. The first-order valence-corrected chi connectivity index (χ1v) is 9.73. The van der Waals surface area contributed by atoms with Gasteiger partial charge < -0.3 is 53.6 Å². The van der Waals surface area contributed by atoms with Crippen molar-refractivity contribution in [3.8, 4) is 0 Å². The maximum Gasteiger partial charge on any atom is 0.328 e. The average Bonchev–Trinajstić information content (AvgIpc) is 2.70. The van der Waals surface area contributed by atoms with Crippen molar-refractivity contribution in [1.29, 1.82) is 0 Å². The van der Waals surface area contributed by atoms with Crippen LogP contribution < -0.4 is 33.2 Å². The molecule has 0 saturated carbocycles. The quantitative estimate of drug-likeness (QED) is 0.0659. The zero-order valence-corrected chi connectivity index (χ0v) is 17.9. The Bertz CT molecular complexity index is 682. The monoisotopic (exact) mass is 463 g/mol. The fourth-order valence-corrected chi connectivity index (χ4v) is 2.37. The number of hydrogen-bond acceptors (Lipinski definition) is 9. The van der Waals surface area contributed by atoms with E-state index in [1.165, 1.54) is 13.8 Å². The van der Waals surface area contributed by atoms with E-state index in [0.29, 0.717) is 0 Å². The number of carboxylic acids is 1. The van der Waals surface area contributed by atoms with Crippen molar-refractivity contribution < 1.29 is 39.6 Å². The van der Waals surface area contributed by atoms with Gasteiger partial charge in [0.1, 0.15) is 24.2 Å². The number of nitrogens with zero attached hydrogens (tertiary/aromatic N) is 1. The summed E-state index contributed by atoms with van der Waals surface area (Å²) in [6.07, 6.45) is -2.42. The second-order valence-corrected chi connectivity index (χ2v) is 7.09. The smallest absolute Gasteiger partial charge is 0.328 e. The lowest BCUT2D eigenvalue weighted by Gasteiger charge is -2.26. The molecule has 6 unspecified atom stereocenters. The van der Waals surface area contributed by atoms with Gasteiger partial charge in [0.2, 0.25) is 17.7 Å². The van der Waals surface area contributed by atoms with Crippen molar-refractivity contribution in [3.63, 3.8) is 0 Å².